The molecular formula is C18H26N2O3. The zero-order valence-electron chi connectivity index (χ0n) is 14.5. The van der Waals surface area contributed by atoms with Gasteiger partial charge in [-0.1, -0.05) is 30.8 Å². The minimum Gasteiger partial charge on any atom is -0.468 e. The minimum absolute atomic E-state index is 0.123. The molecule has 2 rings (SSSR count). The van der Waals surface area contributed by atoms with E-state index in [2.05, 4.69) is 30.8 Å². The number of aliphatic hydroxyl groups is 1. The smallest absolute Gasteiger partial charge is 0.177 e. The van der Waals surface area contributed by atoms with Crippen molar-refractivity contribution in [3.8, 4) is 11.8 Å². The first kappa shape index (κ1) is 17.6. The van der Waals surface area contributed by atoms with Crippen LogP contribution < -0.4 is 0 Å². The Hall–Kier alpha value is -1.77. The Labute approximate surface area is 138 Å². The van der Waals surface area contributed by atoms with Crippen LogP contribution in [-0.4, -0.2) is 49.1 Å². The van der Waals surface area contributed by atoms with Gasteiger partial charge in [0.1, 0.15) is 5.76 Å². The van der Waals surface area contributed by atoms with E-state index in [1.165, 1.54) is 0 Å². The third kappa shape index (κ3) is 4.85. The third-order valence-corrected chi connectivity index (χ3v) is 3.89. The highest BCUT2D eigenvalue weighted by molar-refractivity contribution is 6.03. The van der Waals surface area contributed by atoms with Crippen molar-refractivity contribution in [2.24, 2.45) is 10.6 Å². The van der Waals surface area contributed by atoms with E-state index in [0.717, 1.165) is 35.4 Å². The predicted molar refractivity (Wildman–Crippen MR) is 90.4 cm³/mol. The number of aliphatic hydroxyl groups excluding tert-OH is 1. The second kappa shape index (κ2) is 7.67. The number of furan rings is 1. The maximum Gasteiger partial charge on any atom is 0.177 e. The van der Waals surface area contributed by atoms with Gasteiger partial charge >= 0.3 is 0 Å². The van der Waals surface area contributed by atoms with Crippen molar-refractivity contribution in [1.29, 1.82) is 0 Å². The molecule has 0 atom stereocenters. The van der Waals surface area contributed by atoms with E-state index in [9.17, 15) is 0 Å². The molecule has 23 heavy (non-hydrogen) atoms. The molecule has 1 aromatic rings. The van der Waals surface area contributed by atoms with Crippen molar-refractivity contribution >= 4 is 5.71 Å². The van der Waals surface area contributed by atoms with Crippen LogP contribution >= 0.6 is 0 Å². The topological polar surface area (TPSA) is 58.2 Å². The second-order valence-electron chi connectivity index (χ2n) is 6.86. The molecule has 0 saturated heterocycles. The number of hydrogen-bond acceptors (Lipinski definition) is 5. The van der Waals surface area contributed by atoms with Crippen LogP contribution in [0.25, 0.3) is 0 Å². The van der Waals surface area contributed by atoms with E-state index in [1.54, 1.807) is 6.26 Å². The fourth-order valence-corrected chi connectivity index (χ4v) is 2.77. The Bertz CT molecular complexity index is 620. The normalized spacial score (nSPS) is 17.7. The van der Waals surface area contributed by atoms with Crippen LogP contribution in [0.15, 0.2) is 15.8 Å². The lowest BCUT2D eigenvalue weighted by Crippen LogP contribution is -2.27. The van der Waals surface area contributed by atoms with Gasteiger partial charge in [-0.25, -0.2) is 0 Å². The van der Waals surface area contributed by atoms with Gasteiger partial charge < -0.3 is 14.4 Å². The van der Waals surface area contributed by atoms with Gasteiger partial charge in [-0.15, -0.1) is 0 Å². The Morgan fingerprint density at radius 1 is 1.39 bits per heavy atom. The van der Waals surface area contributed by atoms with Gasteiger partial charge in [0, 0.05) is 18.5 Å². The molecule has 1 N–H and O–H groups in total. The molecule has 0 radical (unpaired) electrons. The summed E-state index contributed by atoms with van der Waals surface area (Å²) in [5.41, 5.74) is 3.27. The highest BCUT2D eigenvalue weighted by Crippen LogP contribution is 2.37. The molecule has 0 spiro atoms. The van der Waals surface area contributed by atoms with Gasteiger partial charge in [0.05, 0.1) is 25.1 Å². The lowest BCUT2D eigenvalue weighted by atomic mass is 9.75. The minimum atomic E-state index is 0.123. The van der Waals surface area contributed by atoms with Gasteiger partial charge in [-0.2, -0.15) is 0 Å². The van der Waals surface area contributed by atoms with E-state index < -0.39 is 0 Å². The van der Waals surface area contributed by atoms with Gasteiger partial charge in [0.25, 0.3) is 0 Å². The standard InChI is InChI=1S/C18H26N2O3/c1-14-13-22-16-12-18(2,3)11-15(17(14)16)19-23-10-6-5-7-20(4)8-9-21/h13,21H,7-12H2,1-4H3/b19-15+. The average Bonchev–Trinajstić information content (AvgIpc) is 2.82. The molecule has 1 aliphatic carbocycles. The summed E-state index contributed by atoms with van der Waals surface area (Å²) in [5, 5.41) is 13.1. The fourth-order valence-electron chi connectivity index (χ4n) is 2.77. The Balaban J connectivity index is 1.95. The number of oxime groups is 1. The molecule has 0 amide bonds. The van der Waals surface area contributed by atoms with Crippen molar-refractivity contribution < 1.29 is 14.4 Å². The van der Waals surface area contributed by atoms with Crippen molar-refractivity contribution in [1.82, 2.24) is 4.90 Å². The summed E-state index contributed by atoms with van der Waals surface area (Å²) in [5.74, 6) is 6.94. The first-order chi connectivity index (χ1) is 10.9. The van der Waals surface area contributed by atoms with E-state index in [0.29, 0.717) is 13.1 Å². The van der Waals surface area contributed by atoms with Crippen LogP contribution in [0, 0.1) is 24.2 Å². The molecule has 1 aliphatic rings. The maximum absolute atomic E-state index is 8.81. The van der Waals surface area contributed by atoms with Crippen molar-refractivity contribution in [3.05, 3.63) is 23.2 Å². The summed E-state index contributed by atoms with van der Waals surface area (Å²) in [6, 6.07) is 0. The summed E-state index contributed by atoms with van der Waals surface area (Å²) in [6.45, 7) is 8.09. The summed E-state index contributed by atoms with van der Waals surface area (Å²) >= 11 is 0. The van der Waals surface area contributed by atoms with Gasteiger partial charge in [0.2, 0.25) is 0 Å². The first-order valence-electron chi connectivity index (χ1n) is 7.94. The third-order valence-electron chi connectivity index (χ3n) is 3.89. The van der Waals surface area contributed by atoms with Crippen molar-refractivity contribution in [2.75, 3.05) is 33.4 Å². The summed E-state index contributed by atoms with van der Waals surface area (Å²) in [4.78, 5) is 7.34. The summed E-state index contributed by atoms with van der Waals surface area (Å²) in [6.07, 6.45) is 3.58. The van der Waals surface area contributed by atoms with Crippen molar-refractivity contribution in [3.63, 3.8) is 0 Å². The zero-order valence-corrected chi connectivity index (χ0v) is 14.5. The van der Waals surface area contributed by atoms with Gasteiger partial charge in [0.15, 0.2) is 6.61 Å². The van der Waals surface area contributed by atoms with Crippen LogP contribution in [0.2, 0.25) is 0 Å². The number of likely N-dealkylation sites (N-methyl/N-ethyl adjacent to an activating group) is 1. The highest BCUT2D eigenvalue weighted by Gasteiger charge is 2.33. The molecule has 5 nitrogen and oxygen atoms in total. The first-order valence-corrected chi connectivity index (χ1v) is 7.94. The summed E-state index contributed by atoms with van der Waals surface area (Å²) < 4.78 is 5.66. The predicted octanol–water partition coefficient (Wildman–Crippen LogP) is 2.21. The van der Waals surface area contributed by atoms with Crippen molar-refractivity contribution in [2.45, 2.75) is 33.6 Å². The van der Waals surface area contributed by atoms with Gasteiger partial charge in [-0.3, -0.25) is 4.90 Å². The van der Waals surface area contributed by atoms with E-state index in [1.807, 2.05) is 18.9 Å². The molecule has 1 heterocycles. The van der Waals surface area contributed by atoms with E-state index >= 15 is 0 Å². The van der Waals surface area contributed by atoms with Crippen LogP contribution in [0.5, 0.6) is 0 Å². The number of aryl methyl sites for hydroxylation is 1. The quantitative estimate of drug-likeness (QED) is 0.514. The molecule has 126 valence electrons. The maximum atomic E-state index is 8.81. The van der Waals surface area contributed by atoms with Crippen LogP contribution in [0.4, 0.5) is 0 Å². The molecule has 1 aromatic heterocycles. The number of hydrogen-bond donors (Lipinski definition) is 1. The molecule has 0 aromatic carbocycles. The van der Waals surface area contributed by atoms with Crippen LogP contribution in [0.1, 0.15) is 37.2 Å². The molecular weight excluding hydrogens is 292 g/mol. The highest BCUT2D eigenvalue weighted by atomic mass is 16.6. The lowest BCUT2D eigenvalue weighted by Gasteiger charge is -2.29. The van der Waals surface area contributed by atoms with Gasteiger partial charge in [-0.05, 0) is 31.4 Å². The monoisotopic (exact) mass is 318 g/mol. The largest absolute Gasteiger partial charge is 0.468 e. The lowest BCUT2D eigenvalue weighted by molar-refractivity contribution is 0.176. The second-order valence-corrected chi connectivity index (χ2v) is 6.86. The average molecular weight is 318 g/mol. The molecule has 5 heteroatoms. The SMILES string of the molecule is Cc1coc2c1/C(=N/OCC#CCN(C)CCO)CC(C)(C)C2. The fraction of sp³-hybridized carbons (Fsp3) is 0.611. The number of nitrogens with zero attached hydrogens (tertiary/aromatic N) is 2. The van der Waals surface area contributed by atoms with Crippen LogP contribution in [-0.2, 0) is 11.3 Å². The molecule has 0 aliphatic heterocycles. The molecule has 0 saturated carbocycles. The number of rotatable bonds is 5. The van der Waals surface area contributed by atoms with Crippen LogP contribution in [0.3, 0.4) is 0 Å². The van der Waals surface area contributed by atoms with E-state index in [4.69, 9.17) is 14.4 Å². The Morgan fingerprint density at radius 3 is 2.91 bits per heavy atom. The number of fused-ring (bicyclic) bond motifs is 1. The van der Waals surface area contributed by atoms with E-state index in [-0.39, 0.29) is 18.6 Å². The molecule has 0 unspecified atom stereocenters. The summed E-state index contributed by atoms with van der Waals surface area (Å²) in [7, 11) is 1.92. The molecule has 0 fully saturated rings. The molecule has 0 bridgehead atoms. The Kier molecular flexibility index (Phi) is 5.86. The zero-order chi connectivity index (χ0) is 16.9. The Morgan fingerprint density at radius 2 is 2.17 bits per heavy atom.